The number of rotatable bonds is 19. The number of aromatic nitrogens is 2. The van der Waals surface area contributed by atoms with Crippen LogP contribution in [0.3, 0.4) is 0 Å². The second-order valence-corrected chi connectivity index (χ2v) is 9.36. The van der Waals surface area contributed by atoms with Crippen molar-refractivity contribution in [1.29, 1.82) is 0 Å². The van der Waals surface area contributed by atoms with E-state index >= 15 is 0 Å². The minimum atomic E-state index is -1.63. The van der Waals surface area contributed by atoms with E-state index in [1.165, 1.54) is 75.7 Å². The first-order chi connectivity index (χ1) is 16.6. The number of unbranched alkanes of at least 4 members (excludes halogenated alkanes) is 10. The fraction of sp³-hybridized carbons (Fsp3) is 0.655. The third-order valence-electron chi connectivity index (χ3n) is 6.29. The molecule has 0 saturated heterocycles. The first kappa shape index (κ1) is 28.2. The lowest BCUT2D eigenvalue weighted by molar-refractivity contribution is 0.101. The Morgan fingerprint density at radius 3 is 1.88 bits per heavy atom. The summed E-state index contributed by atoms with van der Waals surface area (Å²) in [6.45, 7) is 3.99. The maximum absolute atomic E-state index is 14.0. The zero-order chi connectivity index (χ0) is 24.4. The molecule has 3 nitrogen and oxygen atoms in total. The molecular weight excluding hydrogens is 430 g/mol. The molecule has 0 N–H and O–H groups in total. The molecule has 34 heavy (non-hydrogen) atoms. The lowest BCUT2D eigenvalue weighted by Gasteiger charge is -2.14. The topological polar surface area (TPSA) is 35.0 Å². The molecular formula is C29H44F2N2O. The quantitative estimate of drug-likeness (QED) is 0.191. The molecule has 0 saturated carbocycles. The summed E-state index contributed by atoms with van der Waals surface area (Å²) in [6.07, 6.45) is 15.9. The van der Waals surface area contributed by atoms with Gasteiger partial charge in [-0.1, -0.05) is 109 Å². The van der Waals surface area contributed by atoms with Gasteiger partial charge in [-0.3, -0.25) is 0 Å². The van der Waals surface area contributed by atoms with E-state index in [-0.39, 0.29) is 13.0 Å². The Kier molecular flexibility index (Phi) is 14.4. The molecule has 1 aromatic carbocycles. The molecule has 0 spiro atoms. The highest BCUT2D eigenvalue weighted by atomic mass is 19.2. The maximum Gasteiger partial charge on any atom is 0.165 e. The van der Waals surface area contributed by atoms with Crippen LogP contribution in [0.15, 0.2) is 36.7 Å². The molecule has 0 aliphatic rings. The van der Waals surface area contributed by atoms with Crippen LogP contribution in [0, 0.1) is 0 Å². The van der Waals surface area contributed by atoms with Gasteiger partial charge in [0.2, 0.25) is 0 Å². The molecule has 5 heteroatoms. The third-order valence-corrected chi connectivity index (χ3v) is 6.29. The summed E-state index contributed by atoms with van der Waals surface area (Å²) in [7, 11) is 0. The lowest BCUT2D eigenvalue weighted by atomic mass is 10.0. The highest BCUT2D eigenvalue weighted by Crippen LogP contribution is 2.20. The van der Waals surface area contributed by atoms with Gasteiger partial charge in [-0.15, -0.1) is 0 Å². The van der Waals surface area contributed by atoms with Crippen LogP contribution in [-0.2, 0) is 6.42 Å². The van der Waals surface area contributed by atoms with Gasteiger partial charge in [0, 0.05) is 5.56 Å². The summed E-state index contributed by atoms with van der Waals surface area (Å²) in [4.78, 5) is 8.66. The Hall–Kier alpha value is -2.04. The summed E-state index contributed by atoms with van der Waals surface area (Å²) in [5.74, 6) is 0.954. The van der Waals surface area contributed by atoms with Crippen LogP contribution in [0.2, 0.25) is 0 Å². The maximum atomic E-state index is 14.0. The number of ether oxygens (including phenoxy) is 1. The average molecular weight is 475 g/mol. The van der Waals surface area contributed by atoms with E-state index in [2.05, 4.69) is 29.0 Å². The molecule has 2 atom stereocenters. The third kappa shape index (κ3) is 11.4. The smallest absolute Gasteiger partial charge is 0.165 e. The van der Waals surface area contributed by atoms with Crippen molar-refractivity contribution in [3.63, 3.8) is 0 Å². The van der Waals surface area contributed by atoms with Crippen LogP contribution in [0.4, 0.5) is 8.78 Å². The van der Waals surface area contributed by atoms with E-state index in [0.717, 1.165) is 24.8 Å². The van der Waals surface area contributed by atoms with Gasteiger partial charge in [0.25, 0.3) is 0 Å². The van der Waals surface area contributed by atoms with Crippen LogP contribution < -0.4 is 4.74 Å². The Balaban J connectivity index is 1.67. The van der Waals surface area contributed by atoms with Crippen molar-refractivity contribution in [3.05, 3.63) is 42.2 Å². The van der Waals surface area contributed by atoms with E-state index in [1.54, 1.807) is 0 Å². The standard InChI is InChI=1S/C29H44F2N2O/c1-3-5-7-8-9-10-11-12-14-15-24-17-19-25(20-18-24)29-32-21-26(22-33-29)34-23-28(31)27(30)16-13-6-4-2/h17-22,27-28H,3-16,23H2,1-2H3. The summed E-state index contributed by atoms with van der Waals surface area (Å²) in [5, 5.41) is 0. The monoisotopic (exact) mass is 474 g/mol. The molecule has 1 heterocycles. The zero-order valence-corrected chi connectivity index (χ0v) is 21.3. The fourth-order valence-corrected chi connectivity index (χ4v) is 4.05. The summed E-state index contributed by atoms with van der Waals surface area (Å²) < 4.78 is 33.2. The Morgan fingerprint density at radius 2 is 1.26 bits per heavy atom. The number of nitrogens with zero attached hydrogens (tertiary/aromatic N) is 2. The van der Waals surface area contributed by atoms with Gasteiger partial charge in [-0.05, 0) is 24.8 Å². The molecule has 0 radical (unpaired) electrons. The van der Waals surface area contributed by atoms with Crippen molar-refractivity contribution in [1.82, 2.24) is 9.97 Å². The Bertz CT molecular complexity index is 752. The van der Waals surface area contributed by atoms with Crippen LogP contribution in [0.1, 0.15) is 103 Å². The van der Waals surface area contributed by atoms with Crippen LogP contribution in [-0.4, -0.2) is 28.9 Å². The zero-order valence-electron chi connectivity index (χ0n) is 21.3. The highest BCUT2D eigenvalue weighted by molar-refractivity contribution is 5.55. The van der Waals surface area contributed by atoms with Crippen molar-refractivity contribution in [3.8, 4) is 17.1 Å². The molecule has 2 rings (SSSR count). The average Bonchev–Trinajstić information content (AvgIpc) is 2.87. The number of hydrogen-bond donors (Lipinski definition) is 0. The Morgan fingerprint density at radius 1 is 0.706 bits per heavy atom. The van der Waals surface area contributed by atoms with Gasteiger partial charge in [0.05, 0.1) is 12.4 Å². The molecule has 1 aromatic heterocycles. The number of aryl methyl sites for hydroxylation is 1. The summed E-state index contributed by atoms with van der Waals surface area (Å²) in [5.41, 5.74) is 2.27. The molecule has 0 fully saturated rings. The van der Waals surface area contributed by atoms with Crippen molar-refractivity contribution < 1.29 is 13.5 Å². The number of halogens is 2. The second kappa shape index (κ2) is 17.4. The fourth-order valence-electron chi connectivity index (χ4n) is 4.05. The number of hydrogen-bond acceptors (Lipinski definition) is 3. The molecule has 2 unspecified atom stereocenters. The number of benzene rings is 1. The van der Waals surface area contributed by atoms with Gasteiger partial charge < -0.3 is 4.74 Å². The minimum Gasteiger partial charge on any atom is -0.487 e. The summed E-state index contributed by atoms with van der Waals surface area (Å²) >= 11 is 0. The highest BCUT2D eigenvalue weighted by Gasteiger charge is 2.20. The Labute approximate surface area is 205 Å². The van der Waals surface area contributed by atoms with Crippen LogP contribution >= 0.6 is 0 Å². The molecule has 0 bridgehead atoms. The van der Waals surface area contributed by atoms with E-state index in [1.807, 2.05) is 19.1 Å². The van der Waals surface area contributed by atoms with E-state index in [9.17, 15) is 8.78 Å². The first-order valence-electron chi connectivity index (χ1n) is 13.5. The SMILES string of the molecule is CCCCCCCCCCCc1ccc(-c2ncc(OCC(F)C(F)CCCCC)cn2)cc1. The molecule has 0 aliphatic heterocycles. The number of alkyl halides is 2. The largest absolute Gasteiger partial charge is 0.487 e. The van der Waals surface area contributed by atoms with Crippen molar-refractivity contribution in [2.24, 2.45) is 0 Å². The second-order valence-electron chi connectivity index (χ2n) is 9.36. The van der Waals surface area contributed by atoms with Gasteiger partial charge in [0.1, 0.15) is 12.8 Å². The minimum absolute atomic E-state index is 0.239. The van der Waals surface area contributed by atoms with Crippen LogP contribution in [0.5, 0.6) is 5.75 Å². The molecule has 0 amide bonds. The lowest BCUT2D eigenvalue weighted by Crippen LogP contribution is -2.24. The predicted molar refractivity (Wildman–Crippen MR) is 138 cm³/mol. The first-order valence-corrected chi connectivity index (χ1v) is 13.5. The van der Waals surface area contributed by atoms with Crippen molar-refractivity contribution in [2.75, 3.05) is 6.61 Å². The predicted octanol–water partition coefficient (Wildman–Crippen LogP) is 8.85. The molecule has 0 aliphatic carbocycles. The van der Waals surface area contributed by atoms with Crippen molar-refractivity contribution in [2.45, 2.75) is 116 Å². The van der Waals surface area contributed by atoms with Crippen molar-refractivity contribution >= 4 is 0 Å². The summed E-state index contributed by atoms with van der Waals surface area (Å²) in [6, 6.07) is 8.37. The van der Waals surface area contributed by atoms with E-state index in [4.69, 9.17) is 4.74 Å². The van der Waals surface area contributed by atoms with Gasteiger partial charge in [-0.25, -0.2) is 18.7 Å². The van der Waals surface area contributed by atoms with Gasteiger partial charge in [-0.2, -0.15) is 0 Å². The van der Waals surface area contributed by atoms with E-state index < -0.39 is 12.3 Å². The van der Waals surface area contributed by atoms with Gasteiger partial charge in [0.15, 0.2) is 17.7 Å². The molecule has 2 aromatic rings. The van der Waals surface area contributed by atoms with Gasteiger partial charge >= 0.3 is 0 Å². The van der Waals surface area contributed by atoms with Crippen LogP contribution in [0.25, 0.3) is 11.4 Å². The normalized spacial score (nSPS) is 13.1. The van der Waals surface area contributed by atoms with E-state index in [0.29, 0.717) is 18.0 Å². The molecule has 190 valence electrons.